The minimum Gasteiger partial charge on any atom is -0.483 e. The van der Waals surface area contributed by atoms with E-state index >= 15 is 0 Å². The second-order valence-electron chi connectivity index (χ2n) is 6.07. The predicted molar refractivity (Wildman–Crippen MR) is 101 cm³/mol. The number of anilines is 1. The number of aryl methyl sites for hydroxylation is 3. The van der Waals surface area contributed by atoms with Crippen molar-refractivity contribution < 1.29 is 9.53 Å². The monoisotopic (exact) mass is 370 g/mol. The van der Waals surface area contributed by atoms with Gasteiger partial charge in [-0.25, -0.2) is 9.67 Å². The number of nitrogens with one attached hydrogen (secondary N) is 1. The predicted octanol–water partition coefficient (Wildman–Crippen LogP) is 3.86. The summed E-state index contributed by atoms with van der Waals surface area (Å²) in [5.41, 5.74) is 4.37. The minimum atomic E-state index is -0.284. The number of hydrogen-bond acceptors (Lipinski definition) is 4. The normalized spacial score (nSPS) is 10.6. The molecule has 0 aliphatic carbocycles. The van der Waals surface area contributed by atoms with Gasteiger partial charge in [0, 0.05) is 5.02 Å². The Morgan fingerprint density at radius 2 is 1.92 bits per heavy atom. The lowest BCUT2D eigenvalue weighted by atomic mass is 10.1. The Kier molecular flexibility index (Phi) is 5.23. The molecule has 1 N–H and O–H groups in total. The zero-order chi connectivity index (χ0) is 18.7. The molecule has 1 heterocycles. The quantitative estimate of drug-likeness (QED) is 0.740. The fourth-order valence-corrected chi connectivity index (χ4v) is 3.03. The Hall–Kier alpha value is -2.86. The molecular weight excluding hydrogens is 352 g/mol. The van der Waals surface area contributed by atoms with Gasteiger partial charge in [0.2, 0.25) is 0 Å². The molecule has 26 heavy (non-hydrogen) atoms. The van der Waals surface area contributed by atoms with E-state index in [-0.39, 0.29) is 12.5 Å². The SMILES string of the molecule is Cc1cc(C)c(OCC(=O)Nc2cc(Cl)ccc2-n2cncn2)c(C)c1. The number of nitrogens with zero attached hydrogens (tertiary/aromatic N) is 3. The highest BCUT2D eigenvalue weighted by atomic mass is 35.5. The lowest BCUT2D eigenvalue weighted by Crippen LogP contribution is -2.21. The number of rotatable bonds is 5. The van der Waals surface area contributed by atoms with Crippen LogP contribution >= 0.6 is 11.6 Å². The first-order chi connectivity index (χ1) is 12.4. The maximum absolute atomic E-state index is 12.4. The van der Waals surface area contributed by atoms with Gasteiger partial charge in [-0.05, 0) is 50.1 Å². The van der Waals surface area contributed by atoms with E-state index in [2.05, 4.69) is 15.4 Å². The first-order valence-electron chi connectivity index (χ1n) is 8.09. The van der Waals surface area contributed by atoms with Crippen molar-refractivity contribution in [3.8, 4) is 11.4 Å². The van der Waals surface area contributed by atoms with Gasteiger partial charge in [0.25, 0.3) is 5.91 Å². The molecule has 0 fully saturated rings. The van der Waals surface area contributed by atoms with Crippen molar-refractivity contribution in [1.82, 2.24) is 14.8 Å². The lowest BCUT2D eigenvalue weighted by Gasteiger charge is -2.14. The molecule has 0 radical (unpaired) electrons. The van der Waals surface area contributed by atoms with Crippen molar-refractivity contribution in [3.63, 3.8) is 0 Å². The third kappa shape index (κ3) is 4.03. The summed E-state index contributed by atoms with van der Waals surface area (Å²) in [6.07, 6.45) is 2.97. The van der Waals surface area contributed by atoms with Crippen LogP contribution in [0.1, 0.15) is 16.7 Å². The van der Waals surface area contributed by atoms with Crippen molar-refractivity contribution in [1.29, 1.82) is 0 Å². The van der Waals surface area contributed by atoms with Gasteiger partial charge in [-0.3, -0.25) is 4.79 Å². The number of ether oxygens (including phenoxy) is 1. The fraction of sp³-hybridized carbons (Fsp3) is 0.211. The topological polar surface area (TPSA) is 69.0 Å². The third-order valence-electron chi connectivity index (χ3n) is 3.85. The second-order valence-corrected chi connectivity index (χ2v) is 6.50. The van der Waals surface area contributed by atoms with E-state index in [1.165, 1.54) is 6.33 Å². The van der Waals surface area contributed by atoms with E-state index in [9.17, 15) is 4.79 Å². The first-order valence-corrected chi connectivity index (χ1v) is 8.47. The van der Waals surface area contributed by atoms with Gasteiger partial charge >= 0.3 is 0 Å². The summed E-state index contributed by atoms with van der Waals surface area (Å²) < 4.78 is 7.29. The molecule has 0 saturated carbocycles. The molecular formula is C19H19ClN4O2. The standard InChI is InChI=1S/C19H19ClN4O2/c1-12-6-13(2)19(14(3)7-12)26-9-18(25)23-16-8-15(20)4-5-17(16)24-11-21-10-22-24/h4-8,10-11H,9H2,1-3H3,(H,23,25). The summed E-state index contributed by atoms with van der Waals surface area (Å²) in [5, 5.41) is 7.42. The highest BCUT2D eigenvalue weighted by molar-refractivity contribution is 6.31. The number of amides is 1. The van der Waals surface area contributed by atoms with E-state index in [0.717, 1.165) is 22.4 Å². The Bertz CT molecular complexity index is 916. The second kappa shape index (κ2) is 7.58. The maximum Gasteiger partial charge on any atom is 0.262 e. The molecule has 7 heteroatoms. The highest BCUT2D eigenvalue weighted by Crippen LogP contribution is 2.26. The lowest BCUT2D eigenvalue weighted by molar-refractivity contribution is -0.118. The van der Waals surface area contributed by atoms with Gasteiger partial charge in [-0.1, -0.05) is 29.3 Å². The zero-order valence-corrected chi connectivity index (χ0v) is 15.5. The molecule has 2 aromatic carbocycles. The third-order valence-corrected chi connectivity index (χ3v) is 4.09. The maximum atomic E-state index is 12.4. The number of hydrogen-bond donors (Lipinski definition) is 1. The van der Waals surface area contributed by atoms with Crippen molar-refractivity contribution in [2.24, 2.45) is 0 Å². The van der Waals surface area contributed by atoms with E-state index in [1.807, 2.05) is 32.9 Å². The smallest absolute Gasteiger partial charge is 0.262 e. The largest absolute Gasteiger partial charge is 0.483 e. The summed E-state index contributed by atoms with van der Waals surface area (Å²) in [5.74, 6) is 0.446. The van der Waals surface area contributed by atoms with Crippen LogP contribution in [0.25, 0.3) is 5.69 Å². The molecule has 1 aromatic heterocycles. The van der Waals surface area contributed by atoms with E-state index in [4.69, 9.17) is 16.3 Å². The first kappa shape index (κ1) is 17.9. The summed E-state index contributed by atoms with van der Waals surface area (Å²) >= 11 is 6.06. The van der Waals surface area contributed by atoms with Crippen LogP contribution in [-0.4, -0.2) is 27.3 Å². The molecule has 3 aromatic rings. The summed E-state index contributed by atoms with van der Waals surface area (Å²) in [4.78, 5) is 16.3. The Morgan fingerprint density at radius 3 is 2.58 bits per heavy atom. The molecule has 3 rings (SSSR count). The van der Waals surface area contributed by atoms with E-state index in [0.29, 0.717) is 16.4 Å². The molecule has 0 aliphatic rings. The molecule has 134 valence electrons. The van der Waals surface area contributed by atoms with Crippen LogP contribution in [0.4, 0.5) is 5.69 Å². The van der Waals surface area contributed by atoms with Crippen molar-refractivity contribution >= 4 is 23.2 Å². The molecule has 0 bridgehead atoms. The number of aromatic nitrogens is 3. The number of carbonyl (C=O) groups is 1. The van der Waals surface area contributed by atoms with Gasteiger partial charge in [0.05, 0.1) is 11.4 Å². The Balaban J connectivity index is 1.74. The summed E-state index contributed by atoms with van der Waals surface area (Å²) in [6.45, 7) is 5.86. The van der Waals surface area contributed by atoms with Crippen LogP contribution in [0, 0.1) is 20.8 Å². The van der Waals surface area contributed by atoms with E-state index in [1.54, 1.807) is 29.2 Å². The average Bonchev–Trinajstić information content (AvgIpc) is 3.08. The van der Waals surface area contributed by atoms with E-state index < -0.39 is 0 Å². The minimum absolute atomic E-state index is 0.103. The molecule has 1 amide bonds. The van der Waals surface area contributed by atoms with Crippen LogP contribution in [0.15, 0.2) is 43.0 Å². The molecule has 0 atom stereocenters. The van der Waals surface area contributed by atoms with Crippen LogP contribution in [-0.2, 0) is 4.79 Å². The number of carbonyl (C=O) groups excluding carboxylic acids is 1. The van der Waals surface area contributed by atoms with Crippen LogP contribution in [0.2, 0.25) is 5.02 Å². The van der Waals surface area contributed by atoms with Crippen molar-refractivity contribution in [2.75, 3.05) is 11.9 Å². The van der Waals surface area contributed by atoms with Crippen LogP contribution < -0.4 is 10.1 Å². The molecule has 0 spiro atoms. The highest BCUT2D eigenvalue weighted by Gasteiger charge is 2.12. The summed E-state index contributed by atoms with van der Waals surface area (Å²) in [7, 11) is 0. The van der Waals surface area contributed by atoms with Crippen molar-refractivity contribution in [3.05, 3.63) is 64.7 Å². The van der Waals surface area contributed by atoms with Crippen LogP contribution in [0.3, 0.4) is 0 Å². The molecule has 6 nitrogen and oxygen atoms in total. The fourth-order valence-electron chi connectivity index (χ4n) is 2.86. The van der Waals surface area contributed by atoms with Gasteiger partial charge in [0.1, 0.15) is 18.4 Å². The Labute approximate surface area is 156 Å². The zero-order valence-electron chi connectivity index (χ0n) is 14.8. The Morgan fingerprint density at radius 1 is 1.19 bits per heavy atom. The number of benzene rings is 2. The number of halogens is 1. The van der Waals surface area contributed by atoms with Gasteiger partial charge in [0.15, 0.2) is 6.61 Å². The van der Waals surface area contributed by atoms with Crippen LogP contribution in [0.5, 0.6) is 5.75 Å². The van der Waals surface area contributed by atoms with Gasteiger partial charge in [-0.2, -0.15) is 5.10 Å². The summed E-state index contributed by atoms with van der Waals surface area (Å²) in [6, 6.07) is 9.21. The molecule has 0 aliphatic heterocycles. The average molecular weight is 371 g/mol. The molecule has 0 saturated heterocycles. The van der Waals surface area contributed by atoms with Gasteiger partial charge < -0.3 is 10.1 Å². The van der Waals surface area contributed by atoms with Crippen molar-refractivity contribution in [2.45, 2.75) is 20.8 Å². The molecule has 0 unspecified atom stereocenters. The van der Waals surface area contributed by atoms with Gasteiger partial charge in [-0.15, -0.1) is 0 Å².